The molecule has 0 bridgehead atoms. The topological polar surface area (TPSA) is 44.5 Å². The number of benzene rings is 1. The van der Waals surface area contributed by atoms with Gasteiger partial charge in [-0.25, -0.2) is 0 Å². The van der Waals surface area contributed by atoms with Crippen LogP contribution in [0.15, 0.2) is 12.1 Å². The Balaban J connectivity index is 2.06. The summed E-state index contributed by atoms with van der Waals surface area (Å²) in [5, 5.41) is 0. The van der Waals surface area contributed by atoms with Crippen molar-refractivity contribution in [2.24, 2.45) is 5.73 Å². The van der Waals surface area contributed by atoms with Crippen LogP contribution >= 0.6 is 0 Å². The Bertz CT molecular complexity index is 424. The maximum atomic E-state index is 5.87. The van der Waals surface area contributed by atoms with Gasteiger partial charge in [-0.3, -0.25) is 0 Å². The zero-order valence-electron chi connectivity index (χ0n) is 9.58. The molecule has 3 nitrogen and oxygen atoms in total. The van der Waals surface area contributed by atoms with Crippen LogP contribution in [0.2, 0.25) is 0 Å². The molecule has 1 heterocycles. The highest BCUT2D eigenvalue weighted by molar-refractivity contribution is 5.51. The molecule has 1 aliphatic heterocycles. The molecule has 1 aliphatic carbocycles. The van der Waals surface area contributed by atoms with Crippen molar-refractivity contribution in [3.8, 4) is 11.5 Å². The standard InChI is InChI=1S/C13H17NO2/c1-9-6-11-12(16-5-4-15-11)7-10(9)13(8-14)2-3-13/h6-7H,2-5,8,14H2,1H3. The van der Waals surface area contributed by atoms with Gasteiger partial charge in [0, 0.05) is 12.0 Å². The van der Waals surface area contributed by atoms with E-state index in [0.717, 1.165) is 18.0 Å². The SMILES string of the molecule is Cc1cc2c(cc1C1(CN)CC1)OCCO2. The van der Waals surface area contributed by atoms with Gasteiger partial charge in [-0.15, -0.1) is 0 Å². The minimum Gasteiger partial charge on any atom is -0.486 e. The smallest absolute Gasteiger partial charge is 0.161 e. The summed E-state index contributed by atoms with van der Waals surface area (Å²) in [7, 11) is 0. The van der Waals surface area contributed by atoms with E-state index in [1.807, 2.05) is 0 Å². The van der Waals surface area contributed by atoms with E-state index in [9.17, 15) is 0 Å². The molecule has 0 unspecified atom stereocenters. The second kappa shape index (κ2) is 3.39. The fraction of sp³-hybridized carbons (Fsp3) is 0.538. The first-order chi connectivity index (χ1) is 7.75. The minimum absolute atomic E-state index is 0.222. The van der Waals surface area contributed by atoms with Gasteiger partial charge < -0.3 is 15.2 Å². The number of fused-ring (bicyclic) bond motifs is 1. The van der Waals surface area contributed by atoms with E-state index in [2.05, 4.69) is 19.1 Å². The molecule has 3 rings (SSSR count). The molecule has 1 saturated carbocycles. The largest absolute Gasteiger partial charge is 0.486 e. The van der Waals surface area contributed by atoms with Crippen molar-refractivity contribution in [2.45, 2.75) is 25.2 Å². The summed E-state index contributed by atoms with van der Waals surface area (Å²) >= 11 is 0. The van der Waals surface area contributed by atoms with Gasteiger partial charge in [0.05, 0.1) is 0 Å². The Morgan fingerprint density at radius 3 is 2.38 bits per heavy atom. The summed E-state index contributed by atoms with van der Waals surface area (Å²) in [6.45, 7) is 4.15. The van der Waals surface area contributed by atoms with E-state index in [0.29, 0.717) is 13.2 Å². The van der Waals surface area contributed by atoms with Gasteiger partial charge >= 0.3 is 0 Å². The Kier molecular flexibility index (Phi) is 2.11. The molecule has 2 aliphatic rings. The molecule has 1 fully saturated rings. The predicted molar refractivity (Wildman–Crippen MR) is 62.1 cm³/mol. The Labute approximate surface area is 95.5 Å². The highest BCUT2D eigenvalue weighted by atomic mass is 16.6. The quantitative estimate of drug-likeness (QED) is 0.824. The molecule has 1 aromatic rings. The molecular weight excluding hydrogens is 202 g/mol. The zero-order valence-corrected chi connectivity index (χ0v) is 9.58. The first-order valence-electron chi connectivity index (χ1n) is 5.86. The van der Waals surface area contributed by atoms with Gasteiger partial charge in [0.2, 0.25) is 0 Å². The molecule has 3 heteroatoms. The lowest BCUT2D eigenvalue weighted by atomic mass is 9.91. The van der Waals surface area contributed by atoms with E-state index >= 15 is 0 Å². The van der Waals surface area contributed by atoms with Crippen LogP contribution in [-0.4, -0.2) is 19.8 Å². The molecule has 0 saturated heterocycles. The summed E-state index contributed by atoms with van der Waals surface area (Å²) in [5.74, 6) is 1.76. The molecule has 0 amide bonds. The van der Waals surface area contributed by atoms with Gasteiger partial charge in [0.25, 0.3) is 0 Å². The molecule has 2 N–H and O–H groups in total. The maximum absolute atomic E-state index is 5.87. The Morgan fingerprint density at radius 2 is 1.81 bits per heavy atom. The van der Waals surface area contributed by atoms with Crippen LogP contribution < -0.4 is 15.2 Å². The Hall–Kier alpha value is -1.22. The highest BCUT2D eigenvalue weighted by Gasteiger charge is 2.44. The van der Waals surface area contributed by atoms with Crippen LogP contribution in [-0.2, 0) is 5.41 Å². The highest BCUT2D eigenvalue weighted by Crippen LogP contribution is 2.50. The third-order valence-corrected chi connectivity index (χ3v) is 3.70. The molecule has 16 heavy (non-hydrogen) atoms. The summed E-state index contributed by atoms with van der Waals surface area (Å²) in [6, 6.07) is 4.21. The lowest BCUT2D eigenvalue weighted by Crippen LogP contribution is -2.22. The number of ether oxygens (including phenoxy) is 2. The second-order valence-corrected chi connectivity index (χ2v) is 4.80. The lowest BCUT2D eigenvalue weighted by molar-refractivity contribution is 0.171. The van der Waals surface area contributed by atoms with Crippen LogP contribution in [0, 0.1) is 6.92 Å². The first-order valence-corrected chi connectivity index (χ1v) is 5.86. The van der Waals surface area contributed by atoms with Gasteiger partial charge in [-0.2, -0.15) is 0 Å². The predicted octanol–water partition coefficient (Wildman–Crippen LogP) is 1.76. The van der Waals surface area contributed by atoms with E-state index in [-0.39, 0.29) is 5.41 Å². The summed E-state index contributed by atoms with van der Waals surface area (Å²) in [5.41, 5.74) is 8.71. The van der Waals surface area contributed by atoms with Crippen LogP contribution in [0.3, 0.4) is 0 Å². The van der Waals surface area contributed by atoms with Crippen molar-refractivity contribution in [3.63, 3.8) is 0 Å². The summed E-state index contributed by atoms with van der Waals surface area (Å²) < 4.78 is 11.2. The van der Waals surface area contributed by atoms with Crippen LogP contribution in [0.25, 0.3) is 0 Å². The van der Waals surface area contributed by atoms with Crippen molar-refractivity contribution in [1.29, 1.82) is 0 Å². The van der Waals surface area contributed by atoms with Crippen molar-refractivity contribution in [1.82, 2.24) is 0 Å². The van der Waals surface area contributed by atoms with Crippen molar-refractivity contribution in [3.05, 3.63) is 23.3 Å². The minimum atomic E-state index is 0.222. The molecule has 86 valence electrons. The zero-order chi connectivity index (χ0) is 11.2. The fourth-order valence-electron chi connectivity index (χ4n) is 2.50. The average Bonchev–Trinajstić information content (AvgIpc) is 3.09. The maximum Gasteiger partial charge on any atom is 0.161 e. The normalized spacial score (nSPS) is 20.6. The number of nitrogens with two attached hydrogens (primary N) is 1. The van der Waals surface area contributed by atoms with Crippen LogP contribution in [0.4, 0.5) is 0 Å². The molecular formula is C13H17NO2. The van der Waals surface area contributed by atoms with Crippen LogP contribution in [0.1, 0.15) is 24.0 Å². The van der Waals surface area contributed by atoms with E-state index in [1.165, 1.54) is 24.0 Å². The van der Waals surface area contributed by atoms with E-state index in [1.54, 1.807) is 0 Å². The second-order valence-electron chi connectivity index (χ2n) is 4.80. The molecule has 0 aromatic heterocycles. The van der Waals surface area contributed by atoms with E-state index in [4.69, 9.17) is 15.2 Å². The number of hydrogen-bond donors (Lipinski definition) is 1. The van der Waals surface area contributed by atoms with Crippen molar-refractivity contribution >= 4 is 0 Å². The summed E-state index contributed by atoms with van der Waals surface area (Å²) in [6.07, 6.45) is 2.40. The van der Waals surface area contributed by atoms with Gasteiger partial charge in [-0.1, -0.05) is 0 Å². The average molecular weight is 219 g/mol. The molecule has 0 spiro atoms. The van der Waals surface area contributed by atoms with Crippen molar-refractivity contribution < 1.29 is 9.47 Å². The lowest BCUT2D eigenvalue weighted by Gasteiger charge is -2.23. The summed E-state index contributed by atoms with van der Waals surface area (Å²) in [4.78, 5) is 0. The van der Waals surface area contributed by atoms with Gasteiger partial charge in [0.15, 0.2) is 11.5 Å². The van der Waals surface area contributed by atoms with Gasteiger partial charge in [-0.05, 0) is 43.0 Å². The van der Waals surface area contributed by atoms with Gasteiger partial charge in [0.1, 0.15) is 13.2 Å². The first kappa shape index (κ1) is 9.97. The molecule has 0 radical (unpaired) electrons. The van der Waals surface area contributed by atoms with Crippen molar-refractivity contribution in [2.75, 3.05) is 19.8 Å². The molecule has 1 aromatic carbocycles. The van der Waals surface area contributed by atoms with E-state index < -0.39 is 0 Å². The number of rotatable bonds is 2. The molecule has 0 atom stereocenters. The Morgan fingerprint density at radius 1 is 1.19 bits per heavy atom. The number of hydrogen-bond acceptors (Lipinski definition) is 3. The third-order valence-electron chi connectivity index (χ3n) is 3.70. The number of aryl methyl sites for hydroxylation is 1. The monoisotopic (exact) mass is 219 g/mol. The third kappa shape index (κ3) is 1.39. The fourth-order valence-corrected chi connectivity index (χ4v) is 2.50. The van der Waals surface area contributed by atoms with Crippen LogP contribution in [0.5, 0.6) is 11.5 Å².